The molecule has 0 radical (unpaired) electrons. The zero-order valence-corrected chi connectivity index (χ0v) is 14.4. The standard InChI is InChI=1S/C14H14BrClN2O2S/c1-18(9-10-3-2-4-11(15)7-10)21(19,20)12-5-6-14(17)13(16)8-12/h2-8H,9,17H2,1H3. The molecule has 2 N–H and O–H groups in total. The van der Waals surface area contributed by atoms with E-state index in [4.69, 9.17) is 17.3 Å². The minimum atomic E-state index is -3.61. The maximum atomic E-state index is 12.5. The quantitative estimate of drug-likeness (QED) is 0.814. The summed E-state index contributed by atoms with van der Waals surface area (Å²) in [7, 11) is -2.08. The SMILES string of the molecule is CN(Cc1cccc(Br)c1)S(=O)(=O)c1ccc(N)c(Cl)c1. The van der Waals surface area contributed by atoms with Gasteiger partial charge in [0.15, 0.2) is 0 Å². The van der Waals surface area contributed by atoms with E-state index in [9.17, 15) is 8.42 Å². The largest absolute Gasteiger partial charge is 0.398 e. The predicted molar refractivity (Wildman–Crippen MR) is 88.7 cm³/mol. The Hall–Kier alpha value is -1.08. The number of nitrogens with two attached hydrogens (primary N) is 1. The first kappa shape index (κ1) is 16.3. The van der Waals surface area contributed by atoms with Gasteiger partial charge < -0.3 is 5.73 Å². The first-order chi connectivity index (χ1) is 9.80. The Morgan fingerprint density at radius 2 is 1.95 bits per heavy atom. The van der Waals surface area contributed by atoms with Gasteiger partial charge in [0.05, 0.1) is 15.6 Å². The minimum Gasteiger partial charge on any atom is -0.398 e. The summed E-state index contributed by atoms with van der Waals surface area (Å²) in [5.74, 6) is 0. The van der Waals surface area contributed by atoms with Gasteiger partial charge in [-0.05, 0) is 35.9 Å². The van der Waals surface area contributed by atoms with E-state index < -0.39 is 10.0 Å². The molecule has 0 saturated heterocycles. The van der Waals surface area contributed by atoms with Crippen LogP contribution in [0, 0.1) is 0 Å². The third-order valence-corrected chi connectivity index (χ3v) is 5.59. The highest BCUT2D eigenvalue weighted by atomic mass is 79.9. The average Bonchev–Trinajstić information content (AvgIpc) is 2.41. The lowest BCUT2D eigenvalue weighted by Crippen LogP contribution is -2.26. The van der Waals surface area contributed by atoms with Crippen LogP contribution in [0.4, 0.5) is 5.69 Å². The van der Waals surface area contributed by atoms with Gasteiger partial charge in [-0.25, -0.2) is 8.42 Å². The zero-order chi connectivity index (χ0) is 15.6. The molecule has 7 heteroatoms. The van der Waals surface area contributed by atoms with Gasteiger partial charge in [-0.1, -0.05) is 39.7 Å². The van der Waals surface area contributed by atoms with Crippen LogP contribution in [0.5, 0.6) is 0 Å². The molecular formula is C14H14BrClN2O2S. The molecule has 112 valence electrons. The van der Waals surface area contributed by atoms with Crippen molar-refractivity contribution in [3.63, 3.8) is 0 Å². The molecule has 0 aliphatic heterocycles. The summed E-state index contributed by atoms with van der Waals surface area (Å²) in [6, 6.07) is 11.8. The lowest BCUT2D eigenvalue weighted by atomic mass is 10.2. The van der Waals surface area contributed by atoms with Crippen LogP contribution in [0.2, 0.25) is 5.02 Å². The summed E-state index contributed by atoms with van der Waals surface area (Å²) in [6.45, 7) is 0.268. The van der Waals surface area contributed by atoms with E-state index in [0.717, 1.165) is 10.0 Å². The van der Waals surface area contributed by atoms with Crippen molar-refractivity contribution in [1.82, 2.24) is 4.31 Å². The van der Waals surface area contributed by atoms with E-state index in [1.807, 2.05) is 24.3 Å². The van der Waals surface area contributed by atoms with Crippen molar-refractivity contribution in [2.24, 2.45) is 0 Å². The summed E-state index contributed by atoms with van der Waals surface area (Å²) >= 11 is 9.26. The Bertz CT molecular complexity index is 765. The summed E-state index contributed by atoms with van der Waals surface area (Å²) in [6.07, 6.45) is 0. The number of anilines is 1. The van der Waals surface area contributed by atoms with Crippen molar-refractivity contribution >= 4 is 43.2 Å². The van der Waals surface area contributed by atoms with E-state index in [-0.39, 0.29) is 16.5 Å². The van der Waals surface area contributed by atoms with Gasteiger partial charge in [0, 0.05) is 18.1 Å². The highest BCUT2D eigenvalue weighted by Gasteiger charge is 2.21. The first-order valence-electron chi connectivity index (χ1n) is 6.06. The molecular weight excluding hydrogens is 376 g/mol. The second-order valence-corrected chi connectivity index (χ2v) is 7.94. The zero-order valence-electron chi connectivity index (χ0n) is 11.3. The van der Waals surface area contributed by atoms with Gasteiger partial charge in [0.2, 0.25) is 10.0 Å². The molecule has 0 spiro atoms. The lowest BCUT2D eigenvalue weighted by Gasteiger charge is -2.18. The fourth-order valence-electron chi connectivity index (χ4n) is 1.83. The third-order valence-electron chi connectivity index (χ3n) is 2.97. The maximum Gasteiger partial charge on any atom is 0.243 e. The number of hydrogen-bond donors (Lipinski definition) is 1. The Balaban J connectivity index is 2.28. The van der Waals surface area contributed by atoms with Gasteiger partial charge in [0.25, 0.3) is 0 Å². The fraction of sp³-hybridized carbons (Fsp3) is 0.143. The monoisotopic (exact) mass is 388 g/mol. The minimum absolute atomic E-state index is 0.124. The normalized spacial score (nSPS) is 11.8. The molecule has 0 aliphatic rings. The highest BCUT2D eigenvalue weighted by Crippen LogP contribution is 2.25. The number of halogens is 2. The van der Waals surface area contributed by atoms with Gasteiger partial charge in [0.1, 0.15) is 0 Å². The molecule has 0 amide bonds. The van der Waals surface area contributed by atoms with Gasteiger partial charge in [-0.2, -0.15) is 4.31 Å². The summed E-state index contributed by atoms with van der Waals surface area (Å²) in [5, 5.41) is 0.229. The maximum absolute atomic E-state index is 12.5. The summed E-state index contributed by atoms with van der Waals surface area (Å²) < 4.78 is 27.2. The van der Waals surface area contributed by atoms with Crippen molar-refractivity contribution in [1.29, 1.82) is 0 Å². The molecule has 2 aromatic carbocycles. The van der Waals surface area contributed by atoms with Crippen LogP contribution < -0.4 is 5.73 Å². The molecule has 0 unspecified atom stereocenters. The van der Waals surface area contributed by atoms with Gasteiger partial charge in [-0.3, -0.25) is 0 Å². The first-order valence-corrected chi connectivity index (χ1v) is 8.67. The van der Waals surface area contributed by atoms with Crippen LogP contribution in [0.3, 0.4) is 0 Å². The van der Waals surface area contributed by atoms with Gasteiger partial charge in [-0.15, -0.1) is 0 Å². The smallest absolute Gasteiger partial charge is 0.243 e. The van der Waals surface area contributed by atoms with Crippen LogP contribution in [0.25, 0.3) is 0 Å². The molecule has 2 aromatic rings. The number of sulfonamides is 1. The number of hydrogen-bond acceptors (Lipinski definition) is 3. The summed E-state index contributed by atoms with van der Waals surface area (Å²) in [5.41, 5.74) is 6.84. The Labute approximate surface area is 137 Å². The van der Waals surface area contributed by atoms with Crippen LogP contribution in [0.1, 0.15) is 5.56 Å². The molecule has 4 nitrogen and oxygen atoms in total. The van der Waals surface area contributed by atoms with Crippen LogP contribution in [-0.4, -0.2) is 19.8 Å². The number of benzene rings is 2. The van der Waals surface area contributed by atoms with E-state index >= 15 is 0 Å². The lowest BCUT2D eigenvalue weighted by molar-refractivity contribution is 0.466. The molecule has 0 aliphatic carbocycles. The van der Waals surface area contributed by atoms with Crippen molar-refractivity contribution in [3.8, 4) is 0 Å². The molecule has 0 heterocycles. The highest BCUT2D eigenvalue weighted by molar-refractivity contribution is 9.10. The average molecular weight is 390 g/mol. The third kappa shape index (κ3) is 3.77. The molecule has 0 saturated carbocycles. The van der Waals surface area contributed by atoms with Crippen molar-refractivity contribution in [2.75, 3.05) is 12.8 Å². The van der Waals surface area contributed by atoms with E-state index in [0.29, 0.717) is 5.69 Å². The van der Waals surface area contributed by atoms with Crippen molar-refractivity contribution < 1.29 is 8.42 Å². The Kier molecular flexibility index (Phi) is 4.93. The second kappa shape index (κ2) is 6.36. The topological polar surface area (TPSA) is 63.4 Å². The number of nitrogens with zero attached hydrogens (tertiary/aromatic N) is 1. The fourth-order valence-corrected chi connectivity index (χ4v) is 3.70. The van der Waals surface area contributed by atoms with E-state index in [2.05, 4.69) is 15.9 Å². The summed E-state index contributed by atoms with van der Waals surface area (Å²) in [4.78, 5) is 0.124. The molecule has 2 rings (SSSR count). The van der Waals surface area contributed by atoms with Crippen molar-refractivity contribution in [3.05, 3.63) is 57.5 Å². The van der Waals surface area contributed by atoms with E-state index in [1.165, 1.54) is 29.6 Å². The number of rotatable bonds is 4. The van der Waals surface area contributed by atoms with E-state index in [1.54, 1.807) is 0 Å². The van der Waals surface area contributed by atoms with Gasteiger partial charge >= 0.3 is 0 Å². The second-order valence-electron chi connectivity index (χ2n) is 4.57. The molecule has 0 atom stereocenters. The molecule has 21 heavy (non-hydrogen) atoms. The predicted octanol–water partition coefficient (Wildman–Crippen LogP) is 3.51. The molecule has 0 fully saturated rings. The van der Waals surface area contributed by atoms with Crippen LogP contribution in [-0.2, 0) is 16.6 Å². The Morgan fingerprint density at radius 3 is 2.57 bits per heavy atom. The molecule has 0 bridgehead atoms. The van der Waals surface area contributed by atoms with Crippen molar-refractivity contribution in [2.45, 2.75) is 11.4 Å². The Morgan fingerprint density at radius 1 is 1.24 bits per heavy atom. The number of nitrogen functional groups attached to an aromatic ring is 1. The van der Waals surface area contributed by atoms with Crippen LogP contribution >= 0.6 is 27.5 Å². The van der Waals surface area contributed by atoms with Crippen LogP contribution in [0.15, 0.2) is 51.8 Å². The molecule has 0 aromatic heterocycles.